The number of rotatable bonds is 11. The first-order chi connectivity index (χ1) is 15.4. The van der Waals surface area contributed by atoms with Crippen molar-refractivity contribution < 1.29 is 28.7 Å². The number of benzene rings is 2. The van der Waals surface area contributed by atoms with Crippen LogP contribution in [0.2, 0.25) is 0 Å². The summed E-state index contributed by atoms with van der Waals surface area (Å²) in [5, 5.41) is 5.59. The fourth-order valence-corrected chi connectivity index (χ4v) is 2.99. The van der Waals surface area contributed by atoms with E-state index in [1.54, 1.807) is 48.5 Å². The first-order valence-corrected chi connectivity index (χ1v) is 10.4. The van der Waals surface area contributed by atoms with Gasteiger partial charge in [-0.2, -0.15) is 0 Å². The Labute approximate surface area is 187 Å². The summed E-state index contributed by atoms with van der Waals surface area (Å²) in [6.45, 7) is 0. The third kappa shape index (κ3) is 8.22. The van der Waals surface area contributed by atoms with E-state index in [-0.39, 0.29) is 11.8 Å². The summed E-state index contributed by atoms with van der Waals surface area (Å²) in [6.07, 6.45) is 3.91. The number of hydrogen-bond donors (Lipinski definition) is 2. The number of hydrogen-bond acceptors (Lipinski definition) is 6. The Morgan fingerprint density at radius 1 is 0.594 bits per heavy atom. The maximum Gasteiger partial charge on any atom is 0.337 e. The van der Waals surface area contributed by atoms with E-state index in [9.17, 15) is 19.2 Å². The van der Waals surface area contributed by atoms with E-state index >= 15 is 0 Å². The molecular formula is C24H28N2O6. The normalized spacial score (nSPS) is 10.2. The lowest BCUT2D eigenvalue weighted by Crippen LogP contribution is -2.12. The van der Waals surface area contributed by atoms with Crippen LogP contribution in [0.5, 0.6) is 0 Å². The summed E-state index contributed by atoms with van der Waals surface area (Å²) in [7, 11) is 2.63. The monoisotopic (exact) mass is 440 g/mol. The van der Waals surface area contributed by atoms with Gasteiger partial charge in [0.2, 0.25) is 11.8 Å². The van der Waals surface area contributed by atoms with Gasteiger partial charge in [-0.05, 0) is 61.4 Å². The van der Waals surface area contributed by atoms with Crippen molar-refractivity contribution in [3.8, 4) is 0 Å². The van der Waals surface area contributed by atoms with Gasteiger partial charge in [-0.15, -0.1) is 0 Å². The van der Waals surface area contributed by atoms with Gasteiger partial charge < -0.3 is 20.1 Å². The second kappa shape index (κ2) is 12.9. The molecule has 0 saturated heterocycles. The zero-order valence-electron chi connectivity index (χ0n) is 18.3. The molecule has 8 nitrogen and oxygen atoms in total. The smallest absolute Gasteiger partial charge is 0.337 e. The summed E-state index contributed by atoms with van der Waals surface area (Å²) >= 11 is 0. The SMILES string of the molecule is COC(=O)c1ccc(NC(=O)CCCCCCC(=O)Nc2ccc(C(=O)OC)cc2)cc1. The van der Waals surface area contributed by atoms with E-state index in [1.165, 1.54) is 14.2 Å². The molecule has 2 aromatic carbocycles. The Bertz CT molecular complexity index is 845. The molecule has 2 N–H and O–H groups in total. The Morgan fingerprint density at radius 3 is 1.25 bits per heavy atom. The van der Waals surface area contributed by atoms with E-state index in [1.807, 2.05) is 0 Å². The Kier molecular flexibility index (Phi) is 9.90. The summed E-state index contributed by atoms with van der Waals surface area (Å²) in [5.41, 5.74) is 2.10. The minimum Gasteiger partial charge on any atom is -0.465 e. The molecule has 0 aliphatic heterocycles. The highest BCUT2D eigenvalue weighted by Crippen LogP contribution is 2.14. The number of anilines is 2. The number of ether oxygens (including phenoxy) is 2. The van der Waals surface area contributed by atoms with E-state index < -0.39 is 11.9 Å². The van der Waals surface area contributed by atoms with Crippen molar-refractivity contribution in [1.29, 1.82) is 0 Å². The topological polar surface area (TPSA) is 111 Å². The van der Waals surface area contributed by atoms with Crippen molar-refractivity contribution in [3.63, 3.8) is 0 Å². The number of amides is 2. The van der Waals surface area contributed by atoms with E-state index in [0.29, 0.717) is 35.3 Å². The first-order valence-electron chi connectivity index (χ1n) is 10.4. The second-order valence-electron chi connectivity index (χ2n) is 7.15. The molecule has 0 saturated carbocycles. The predicted molar refractivity (Wildman–Crippen MR) is 121 cm³/mol. The lowest BCUT2D eigenvalue weighted by Gasteiger charge is -2.07. The molecule has 170 valence electrons. The highest BCUT2D eigenvalue weighted by Gasteiger charge is 2.08. The molecular weight excluding hydrogens is 412 g/mol. The Morgan fingerprint density at radius 2 is 0.938 bits per heavy atom. The second-order valence-corrected chi connectivity index (χ2v) is 7.15. The quantitative estimate of drug-likeness (QED) is 0.401. The Balaban J connectivity index is 1.58. The molecule has 0 unspecified atom stereocenters. The third-order valence-corrected chi connectivity index (χ3v) is 4.74. The maximum absolute atomic E-state index is 12.0. The third-order valence-electron chi connectivity index (χ3n) is 4.74. The summed E-state index contributed by atoms with van der Waals surface area (Å²) in [4.78, 5) is 46.8. The fraction of sp³-hybridized carbons (Fsp3) is 0.333. The van der Waals surface area contributed by atoms with Crippen molar-refractivity contribution in [2.45, 2.75) is 38.5 Å². The minimum absolute atomic E-state index is 0.0936. The highest BCUT2D eigenvalue weighted by atomic mass is 16.5. The minimum atomic E-state index is -0.423. The molecule has 0 aliphatic rings. The lowest BCUT2D eigenvalue weighted by molar-refractivity contribution is -0.117. The molecule has 2 rings (SSSR count). The number of methoxy groups -OCH3 is 2. The van der Waals surface area contributed by atoms with Crippen LogP contribution in [-0.4, -0.2) is 38.0 Å². The predicted octanol–water partition coefficient (Wildman–Crippen LogP) is 4.18. The van der Waals surface area contributed by atoms with Crippen LogP contribution in [0.4, 0.5) is 11.4 Å². The summed E-state index contributed by atoms with van der Waals surface area (Å²) in [6, 6.07) is 13.0. The van der Waals surface area contributed by atoms with E-state index in [4.69, 9.17) is 0 Å². The van der Waals surface area contributed by atoms with Crippen LogP contribution in [0.25, 0.3) is 0 Å². The molecule has 0 bridgehead atoms. The standard InChI is InChI=1S/C24H28N2O6/c1-31-23(29)17-9-13-19(14-10-17)25-21(27)7-5-3-4-6-8-22(28)26-20-15-11-18(12-16-20)24(30)32-2/h9-16H,3-8H2,1-2H3,(H,25,27)(H,26,28). The number of unbranched alkanes of at least 4 members (excludes halogenated alkanes) is 3. The highest BCUT2D eigenvalue weighted by molar-refractivity contribution is 5.93. The van der Waals surface area contributed by atoms with Crippen molar-refractivity contribution in [3.05, 3.63) is 59.7 Å². The van der Waals surface area contributed by atoms with E-state index in [2.05, 4.69) is 20.1 Å². The van der Waals surface area contributed by atoms with Gasteiger partial charge in [0.1, 0.15) is 0 Å². The van der Waals surface area contributed by atoms with Crippen LogP contribution in [0.1, 0.15) is 59.2 Å². The van der Waals surface area contributed by atoms with Crippen LogP contribution >= 0.6 is 0 Å². The number of esters is 2. The molecule has 0 radical (unpaired) electrons. The molecule has 0 fully saturated rings. The van der Waals surface area contributed by atoms with Crippen LogP contribution in [-0.2, 0) is 19.1 Å². The van der Waals surface area contributed by atoms with Gasteiger partial charge in [0, 0.05) is 24.2 Å². The van der Waals surface area contributed by atoms with Gasteiger partial charge in [-0.25, -0.2) is 9.59 Å². The van der Waals surface area contributed by atoms with Crippen LogP contribution < -0.4 is 10.6 Å². The molecule has 0 spiro atoms. The van der Waals surface area contributed by atoms with Gasteiger partial charge in [0.25, 0.3) is 0 Å². The average molecular weight is 440 g/mol. The van der Waals surface area contributed by atoms with Crippen LogP contribution in [0.15, 0.2) is 48.5 Å². The number of carbonyl (C=O) groups is 4. The van der Waals surface area contributed by atoms with E-state index in [0.717, 1.165) is 25.7 Å². The average Bonchev–Trinajstić information content (AvgIpc) is 2.81. The van der Waals surface area contributed by atoms with Crippen molar-refractivity contribution in [2.24, 2.45) is 0 Å². The lowest BCUT2D eigenvalue weighted by atomic mass is 10.1. The summed E-state index contributed by atoms with van der Waals surface area (Å²) < 4.78 is 9.27. The van der Waals surface area contributed by atoms with Crippen LogP contribution in [0.3, 0.4) is 0 Å². The molecule has 2 amide bonds. The number of carbonyl (C=O) groups excluding carboxylic acids is 4. The molecule has 0 atom stereocenters. The van der Waals surface area contributed by atoms with Gasteiger partial charge >= 0.3 is 11.9 Å². The van der Waals surface area contributed by atoms with Crippen molar-refractivity contribution in [1.82, 2.24) is 0 Å². The largest absolute Gasteiger partial charge is 0.465 e. The molecule has 0 aromatic heterocycles. The van der Waals surface area contributed by atoms with Gasteiger partial charge in [-0.3, -0.25) is 9.59 Å². The van der Waals surface area contributed by atoms with Gasteiger partial charge in [0.15, 0.2) is 0 Å². The van der Waals surface area contributed by atoms with Crippen molar-refractivity contribution in [2.75, 3.05) is 24.9 Å². The zero-order chi connectivity index (χ0) is 23.3. The zero-order valence-corrected chi connectivity index (χ0v) is 18.3. The molecule has 2 aromatic rings. The van der Waals surface area contributed by atoms with Gasteiger partial charge in [-0.1, -0.05) is 12.8 Å². The van der Waals surface area contributed by atoms with Crippen molar-refractivity contribution >= 4 is 35.1 Å². The molecule has 0 aliphatic carbocycles. The maximum atomic E-state index is 12.0. The Hall–Kier alpha value is -3.68. The summed E-state index contributed by atoms with van der Waals surface area (Å²) in [5.74, 6) is -1.03. The molecule has 0 heterocycles. The fourth-order valence-electron chi connectivity index (χ4n) is 2.99. The number of nitrogens with one attached hydrogen (secondary N) is 2. The van der Waals surface area contributed by atoms with Gasteiger partial charge in [0.05, 0.1) is 25.3 Å². The first kappa shape index (κ1) is 24.6. The molecule has 32 heavy (non-hydrogen) atoms. The molecule has 8 heteroatoms. The van der Waals surface area contributed by atoms with Crippen LogP contribution in [0, 0.1) is 0 Å².